The van der Waals surface area contributed by atoms with E-state index in [-0.39, 0.29) is 38.4 Å². The number of hydrazine groups is 1. The van der Waals surface area contributed by atoms with Crippen LogP contribution >= 0.6 is 58.2 Å². The molecule has 3 N–H and O–H groups in total. The molecule has 0 bridgehead atoms. The highest BCUT2D eigenvalue weighted by atomic mass is 35.5. The summed E-state index contributed by atoms with van der Waals surface area (Å²) in [6.07, 6.45) is -0.347. The second kappa shape index (κ2) is 15.7. The van der Waals surface area contributed by atoms with E-state index in [4.69, 9.17) is 56.1 Å². The topological polar surface area (TPSA) is 112 Å². The Morgan fingerprint density at radius 3 is 2.35 bits per heavy atom. The fraction of sp³-hybridized carbons (Fsp3) is 0.200. The molecular formula is C35H31Cl4N5O4S. The zero-order valence-corrected chi connectivity index (χ0v) is 30.6. The van der Waals surface area contributed by atoms with E-state index in [0.717, 1.165) is 22.9 Å². The van der Waals surface area contributed by atoms with Gasteiger partial charge >= 0.3 is 0 Å². The van der Waals surface area contributed by atoms with E-state index in [1.165, 1.54) is 24.1 Å². The first-order valence-electron chi connectivity index (χ1n) is 15.1. The van der Waals surface area contributed by atoms with Gasteiger partial charge in [0, 0.05) is 22.5 Å². The van der Waals surface area contributed by atoms with Gasteiger partial charge in [0.05, 0.1) is 26.4 Å². The number of hydrogen-bond donors (Lipinski definition) is 3. The third-order valence-corrected chi connectivity index (χ3v) is 9.67. The Kier molecular flexibility index (Phi) is 11.7. The van der Waals surface area contributed by atoms with E-state index in [2.05, 4.69) is 16.1 Å². The molecule has 1 saturated heterocycles. The average Bonchev–Trinajstić information content (AvgIpc) is 3.32. The fourth-order valence-corrected chi connectivity index (χ4v) is 7.22. The zero-order chi connectivity index (χ0) is 35.4. The number of anilines is 3. The highest BCUT2D eigenvalue weighted by Crippen LogP contribution is 2.41. The molecule has 9 nitrogen and oxygen atoms in total. The number of para-hydroxylation sites is 1. The van der Waals surface area contributed by atoms with Gasteiger partial charge in [0.15, 0.2) is 6.10 Å². The van der Waals surface area contributed by atoms with Gasteiger partial charge in [-0.15, -0.1) is 11.8 Å². The lowest BCUT2D eigenvalue weighted by Gasteiger charge is -2.20. The number of nitrogens with zero attached hydrogens (tertiary/aromatic N) is 2. The van der Waals surface area contributed by atoms with Crippen molar-refractivity contribution in [3.05, 3.63) is 104 Å². The smallest absolute Gasteiger partial charge is 0.267 e. The van der Waals surface area contributed by atoms with Crippen LogP contribution in [-0.4, -0.2) is 34.9 Å². The van der Waals surface area contributed by atoms with E-state index >= 15 is 0 Å². The Hall–Kier alpha value is -3.93. The first-order valence-corrected chi connectivity index (χ1v) is 17.4. The van der Waals surface area contributed by atoms with E-state index in [9.17, 15) is 14.4 Å². The number of aliphatic imine (C=N–C) groups is 1. The Bertz CT molecular complexity index is 1950. The van der Waals surface area contributed by atoms with Crippen LogP contribution in [0.5, 0.6) is 5.75 Å². The van der Waals surface area contributed by atoms with Crippen molar-refractivity contribution in [2.24, 2.45) is 4.99 Å². The van der Waals surface area contributed by atoms with E-state index in [1.54, 1.807) is 42.5 Å². The van der Waals surface area contributed by atoms with Gasteiger partial charge in [-0.05, 0) is 74.4 Å². The third kappa shape index (κ3) is 8.63. The molecule has 1 aliphatic rings. The van der Waals surface area contributed by atoms with E-state index < -0.39 is 17.3 Å². The second-order valence-electron chi connectivity index (χ2n) is 11.1. The summed E-state index contributed by atoms with van der Waals surface area (Å²) >= 11 is 26.9. The number of ether oxygens (including phenoxy) is 1. The number of benzene rings is 4. The summed E-state index contributed by atoms with van der Waals surface area (Å²) in [4.78, 5) is 44.7. The summed E-state index contributed by atoms with van der Waals surface area (Å²) in [7, 11) is 0. The van der Waals surface area contributed by atoms with Crippen LogP contribution in [0.3, 0.4) is 0 Å². The number of hydrogen-bond acceptors (Lipinski definition) is 6. The first-order chi connectivity index (χ1) is 23.3. The molecule has 3 amide bonds. The normalized spacial score (nSPS) is 15.6. The molecule has 14 heteroatoms. The number of aryl methyl sites for hydroxylation is 2. The quantitative estimate of drug-likeness (QED) is 0.149. The molecule has 1 fully saturated rings. The summed E-state index contributed by atoms with van der Waals surface area (Å²) in [5, 5.41) is 6.76. The van der Waals surface area contributed by atoms with Gasteiger partial charge in [0.1, 0.15) is 22.5 Å². The molecule has 0 aliphatic carbocycles. The molecule has 0 aromatic heterocycles. The number of halogens is 4. The SMILES string of the molecule is CCC(Oc1ccc(C)cc1C)C(=O)Nc1ccccc1SC1C(=O)N(c2c(Cl)cc(Cl)cc2Cl)NC1=Nc1cc(NC(C)=O)ccc1Cl. The van der Waals surface area contributed by atoms with Crippen molar-refractivity contribution in [1.29, 1.82) is 0 Å². The lowest BCUT2D eigenvalue weighted by atomic mass is 10.1. The van der Waals surface area contributed by atoms with Gasteiger partial charge in [-0.2, -0.15) is 0 Å². The highest BCUT2D eigenvalue weighted by molar-refractivity contribution is 8.01. The largest absolute Gasteiger partial charge is 0.480 e. The van der Waals surface area contributed by atoms with Gasteiger partial charge in [0.2, 0.25) is 5.91 Å². The third-order valence-electron chi connectivity index (χ3n) is 7.28. The molecule has 1 aliphatic heterocycles. The van der Waals surface area contributed by atoms with Crippen LogP contribution < -0.4 is 25.8 Å². The van der Waals surface area contributed by atoms with Crippen LogP contribution in [-0.2, 0) is 14.4 Å². The molecule has 5 rings (SSSR count). The van der Waals surface area contributed by atoms with E-state index in [1.807, 2.05) is 39.0 Å². The number of amides is 3. The molecule has 4 aromatic carbocycles. The molecule has 4 aromatic rings. The minimum atomic E-state index is -0.977. The van der Waals surface area contributed by atoms with Crippen LogP contribution in [0.2, 0.25) is 20.1 Å². The lowest BCUT2D eigenvalue weighted by molar-refractivity contribution is -0.123. The van der Waals surface area contributed by atoms with Gasteiger partial charge < -0.3 is 15.4 Å². The maximum Gasteiger partial charge on any atom is 0.267 e. The second-order valence-corrected chi connectivity index (χ2v) is 13.9. The van der Waals surface area contributed by atoms with Crippen LogP contribution in [0, 0.1) is 13.8 Å². The van der Waals surface area contributed by atoms with E-state index in [0.29, 0.717) is 39.2 Å². The summed E-state index contributed by atoms with van der Waals surface area (Å²) in [5.41, 5.74) is 6.46. The molecule has 49 heavy (non-hydrogen) atoms. The van der Waals surface area contributed by atoms with Crippen molar-refractivity contribution in [2.75, 3.05) is 15.6 Å². The van der Waals surface area contributed by atoms with Crippen LogP contribution in [0.4, 0.5) is 22.7 Å². The number of carbonyl (C=O) groups excluding carboxylic acids is 3. The zero-order valence-electron chi connectivity index (χ0n) is 26.7. The first kappa shape index (κ1) is 36.4. The average molecular weight is 760 g/mol. The van der Waals surface area contributed by atoms with Crippen LogP contribution in [0.1, 0.15) is 31.4 Å². The predicted molar refractivity (Wildman–Crippen MR) is 200 cm³/mol. The number of carbonyl (C=O) groups is 3. The number of nitrogens with one attached hydrogen (secondary N) is 3. The summed E-state index contributed by atoms with van der Waals surface area (Å²) in [5.74, 6) is -0.243. The van der Waals surface area contributed by atoms with Crippen molar-refractivity contribution in [1.82, 2.24) is 5.43 Å². The van der Waals surface area contributed by atoms with Gasteiger partial charge in [-0.25, -0.2) is 10.0 Å². The Morgan fingerprint density at radius 2 is 1.67 bits per heavy atom. The Balaban J connectivity index is 1.49. The number of amidine groups is 1. The molecule has 0 saturated carbocycles. The van der Waals surface area contributed by atoms with Crippen molar-refractivity contribution in [2.45, 2.75) is 50.4 Å². The Labute approximate surface area is 308 Å². The molecule has 0 radical (unpaired) electrons. The number of thioether (sulfide) groups is 1. The minimum absolute atomic E-state index is 0.135. The van der Waals surface area contributed by atoms with Crippen molar-refractivity contribution >= 4 is 104 Å². The summed E-state index contributed by atoms with van der Waals surface area (Å²) < 4.78 is 6.11. The molecule has 2 unspecified atom stereocenters. The highest BCUT2D eigenvalue weighted by Gasteiger charge is 2.41. The molecule has 1 heterocycles. The van der Waals surface area contributed by atoms with Gasteiger partial charge in [-0.1, -0.05) is 83.2 Å². The molecule has 2 atom stereocenters. The predicted octanol–water partition coefficient (Wildman–Crippen LogP) is 9.41. The van der Waals surface area contributed by atoms with Gasteiger partial charge in [0.25, 0.3) is 11.8 Å². The fourth-order valence-electron chi connectivity index (χ4n) is 5.00. The number of rotatable bonds is 10. The standard InChI is InChI=1S/C35H31Cl4N5O4S/c1-5-28(48-29-13-10-18(2)14-19(29)3)34(46)42-26-8-6-7-9-30(26)49-32-33(41-27-17-22(40-20(4)45)11-12-23(27)37)43-44(35(32)47)31-24(38)15-21(36)16-25(31)39/h6-17,28,32H,5H2,1-4H3,(H,40,45)(H,41,43)(H,42,46). The molecule has 0 spiro atoms. The Morgan fingerprint density at radius 1 is 0.959 bits per heavy atom. The molecular weight excluding hydrogens is 728 g/mol. The minimum Gasteiger partial charge on any atom is -0.480 e. The van der Waals surface area contributed by atoms with Crippen LogP contribution in [0.15, 0.2) is 82.7 Å². The van der Waals surface area contributed by atoms with Crippen molar-refractivity contribution in [3.63, 3.8) is 0 Å². The van der Waals surface area contributed by atoms with Crippen molar-refractivity contribution < 1.29 is 19.1 Å². The monoisotopic (exact) mass is 757 g/mol. The van der Waals surface area contributed by atoms with Crippen molar-refractivity contribution in [3.8, 4) is 5.75 Å². The maximum absolute atomic E-state index is 14.2. The van der Waals surface area contributed by atoms with Gasteiger partial charge in [-0.3, -0.25) is 19.8 Å². The summed E-state index contributed by atoms with van der Waals surface area (Å²) in [6, 6.07) is 20.6. The molecule has 254 valence electrons. The summed E-state index contributed by atoms with van der Waals surface area (Å²) in [6.45, 7) is 7.18. The maximum atomic E-state index is 14.2. The lowest BCUT2D eigenvalue weighted by Crippen LogP contribution is -2.36. The van der Waals surface area contributed by atoms with Crippen LogP contribution in [0.25, 0.3) is 0 Å².